The Morgan fingerprint density at radius 3 is 2.17 bits per heavy atom. The minimum absolute atomic E-state index is 0.113. The van der Waals surface area contributed by atoms with Crippen LogP contribution in [-0.2, 0) is 11.2 Å². The van der Waals surface area contributed by atoms with E-state index in [1.165, 1.54) is 31.7 Å². The molecule has 35 heavy (non-hydrogen) atoms. The first-order chi connectivity index (χ1) is 16.9. The molecule has 2 aromatic rings. The second kappa shape index (κ2) is 9.87. The lowest BCUT2D eigenvalue weighted by Crippen LogP contribution is -2.29. The Hall–Kier alpha value is -2.50. The molecule has 188 valence electrons. The molecule has 6 heteroatoms. The Kier molecular flexibility index (Phi) is 6.82. The fourth-order valence-electron chi connectivity index (χ4n) is 6.25. The van der Waals surface area contributed by atoms with E-state index in [4.69, 9.17) is 9.47 Å². The maximum Gasteiger partial charge on any atom is 0.201 e. The van der Waals surface area contributed by atoms with Crippen molar-refractivity contribution in [2.24, 2.45) is 11.8 Å². The molecule has 2 aromatic carbocycles. The summed E-state index contributed by atoms with van der Waals surface area (Å²) < 4.78 is 71.0. The molecule has 2 aliphatic carbocycles. The first-order valence-corrected chi connectivity index (χ1v) is 12.9. The summed E-state index contributed by atoms with van der Waals surface area (Å²) in [6.07, 6.45) is 10.6. The molecule has 1 saturated carbocycles. The van der Waals surface area contributed by atoms with E-state index in [0.29, 0.717) is 29.0 Å². The number of rotatable bonds is 6. The molecule has 0 aromatic heterocycles. The Balaban J connectivity index is 1.38. The van der Waals surface area contributed by atoms with Crippen molar-refractivity contribution in [3.05, 3.63) is 58.4 Å². The summed E-state index contributed by atoms with van der Waals surface area (Å²) >= 11 is 0. The zero-order valence-corrected chi connectivity index (χ0v) is 20.4. The number of hydrogen-bond acceptors (Lipinski definition) is 2. The number of allylic oxidation sites excluding steroid dienone is 1. The molecule has 1 heterocycles. The van der Waals surface area contributed by atoms with E-state index in [2.05, 4.69) is 6.92 Å². The standard InChI is InChI=1S/C29H32F4O2/c1-3-5-16-6-8-17(9-7-16)22-11-10-18(15-35-22)21-13-19-12-20-14-23(34-4-2)27(31)29(33)25(20)24(19)28(32)26(21)30/h13-17,22H,3-12H2,1-2H3. The van der Waals surface area contributed by atoms with E-state index in [0.717, 1.165) is 25.2 Å². The van der Waals surface area contributed by atoms with Gasteiger partial charge >= 0.3 is 0 Å². The number of hydrogen-bond donors (Lipinski definition) is 0. The quantitative estimate of drug-likeness (QED) is 0.325. The van der Waals surface area contributed by atoms with Crippen LogP contribution in [0.5, 0.6) is 5.75 Å². The van der Waals surface area contributed by atoms with Gasteiger partial charge < -0.3 is 9.47 Å². The topological polar surface area (TPSA) is 18.5 Å². The first-order valence-electron chi connectivity index (χ1n) is 12.9. The number of ether oxygens (including phenoxy) is 2. The van der Waals surface area contributed by atoms with Crippen LogP contribution in [0.1, 0.15) is 81.9 Å². The van der Waals surface area contributed by atoms with Crippen LogP contribution in [0.2, 0.25) is 0 Å². The Morgan fingerprint density at radius 1 is 0.857 bits per heavy atom. The van der Waals surface area contributed by atoms with Crippen molar-refractivity contribution in [3.8, 4) is 16.9 Å². The second-order valence-corrected chi connectivity index (χ2v) is 10.2. The van der Waals surface area contributed by atoms with Crippen molar-refractivity contribution in [1.29, 1.82) is 0 Å². The van der Waals surface area contributed by atoms with Gasteiger partial charge in [-0.15, -0.1) is 0 Å². The van der Waals surface area contributed by atoms with Crippen LogP contribution in [0.4, 0.5) is 17.6 Å². The molecule has 0 bridgehead atoms. The smallest absolute Gasteiger partial charge is 0.201 e. The summed E-state index contributed by atoms with van der Waals surface area (Å²) in [6.45, 7) is 4.07. The normalized spacial score (nSPS) is 23.4. The van der Waals surface area contributed by atoms with Crippen LogP contribution >= 0.6 is 0 Å². The van der Waals surface area contributed by atoms with Gasteiger partial charge in [0.2, 0.25) is 5.82 Å². The van der Waals surface area contributed by atoms with Crippen LogP contribution in [0.3, 0.4) is 0 Å². The third-order valence-electron chi connectivity index (χ3n) is 8.02. The van der Waals surface area contributed by atoms with E-state index in [-0.39, 0.29) is 41.6 Å². The van der Waals surface area contributed by atoms with Crippen LogP contribution in [0, 0.1) is 35.1 Å². The Bertz CT molecular complexity index is 1150. The Morgan fingerprint density at radius 2 is 1.54 bits per heavy atom. The van der Waals surface area contributed by atoms with Gasteiger partial charge in [0.15, 0.2) is 23.2 Å². The summed E-state index contributed by atoms with van der Waals surface area (Å²) in [5.74, 6) is -3.45. The number of fused-ring (bicyclic) bond motifs is 3. The highest BCUT2D eigenvalue weighted by molar-refractivity contribution is 5.81. The van der Waals surface area contributed by atoms with Gasteiger partial charge in [0.1, 0.15) is 6.10 Å². The van der Waals surface area contributed by atoms with E-state index >= 15 is 8.78 Å². The molecule has 1 unspecified atom stereocenters. The first kappa shape index (κ1) is 24.2. The Labute approximate surface area is 204 Å². The molecule has 1 atom stereocenters. The number of benzene rings is 2. The fraction of sp³-hybridized carbons (Fsp3) is 0.517. The van der Waals surface area contributed by atoms with Crippen LogP contribution in [0.15, 0.2) is 18.4 Å². The van der Waals surface area contributed by atoms with Crippen LogP contribution in [0.25, 0.3) is 16.7 Å². The second-order valence-electron chi connectivity index (χ2n) is 10.2. The molecule has 0 spiro atoms. The average molecular weight is 489 g/mol. The van der Waals surface area contributed by atoms with Gasteiger partial charge in [-0.25, -0.2) is 13.2 Å². The molecule has 0 saturated heterocycles. The highest BCUT2D eigenvalue weighted by Gasteiger charge is 2.34. The summed E-state index contributed by atoms with van der Waals surface area (Å²) in [5.41, 5.74) is 1.18. The molecule has 1 aliphatic heterocycles. The fourth-order valence-corrected chi connectivity index (χ4v) is 6.25. The predicted octanol–water partition coefficient (Wildman–Crippen LogP) is 8.34. The van der Waals surface area contributed by atoms with Crippen LogP contribution in [-0.4, -0.2) is 12.7 Å². The lowest BCUT2D eigenvalue weighted by Gasteiger charge is -2.35. The van der Waals surface area contributed by atoms with E-state index < -0.39 is 23.3 Å². The highest BCUT2D eigenvalue weighted by atomic mass is 19.2. The molecule has 2 nitrogen and oxygen atoms in total. The van der Waals surface area contributed by atoms with E-state index in [1.807, 2.05) is 0 Å². The van der Waals surface area contributed by atoms with Gasteiger partial charge in [-0.3, -0.25) is 0 Å². The van der Waals surface area contributed by atoms with Crippen molar-refractivity contribution in [2.75, 3.05) is 6.61 Å². The lowest BCUT2D eigenvalue weighted by atomic mass is 9.76. The van der Waals surface area contributed by atoms with Crippen molar-refractivity contribution >= 4 is 5.57 Å². The van der Waals surface area contributed by atoms with Gasteiger partial charge in [0.25, 0.3) is 0 Å². The van der Waals surface area contributed by atoms with Gasteiger partial charge in [-0.1, -0.05) is 32.6 Å². The van der Waals surface area contributed by atoms with Crippen molar-refractivity contribution in [1.82, 2.24) is 0 Å². The minimum atomic E-state index is -1.20. The van der Waals surface area contributed by atoms with Gasteiger partial charge in [-0.05, 0) is 79.7 Å². The SMILES string of the molecule is CCCC1CCC(C2CCC(c3cc4c(c(F)c3F)-c3c(cc(OCC)c(F)c3F)C4)=CO2)CC1. The largest absolute Gasteiger partial charge is 0.497 e. The maximum atomic E-state index is 15.3. The van der Waals surface area contributed by atoms with Crippen molar-refractivity contribution < 1.29 is 27.0 Å². The zero-order valence-electron chi connectivity index (χ0n) is 20.4. The minimum Gasteiger partial charge on any atom is -0.497 e. The lowest BCUT2D eigenvalue weighted by molar-refractivity contribution is 0.0446. The molecular weight excluding hydrogens is 456 g/mol. The summed E-state index contributed by atoms with van der Waals surface area (Å²) in [7, 11) is 0. The van der Waals surface area contributed by atoms with Crippen LogP contribution < -0.4 is 4.74 Å². The summed E-state index contributed by atoms with van der Waals surface area (Å²) in [6, 6.07) is 2.95. The van der Waals surface area contributed by atoms with Gasteiger partial charge in [-0.2, -0.15) is 4.39 Å². The molecule has 1 fully saturated rings. The van der Waals surface area contributed by atoms with Crippen molar-refractivity contribution in [2.45, 2.75) is 77.7 Å². The maximum absolute atomic E-state index is 15.3. The highest BCUT2D eigenvalue weighted by Crippen LogP contribution is 2.46. The molecular formula is C29H32F4O2. The predicted molar refractivity (Wildman–Crippen MR) is 128 cm³/mol. The average Bonchev–Trinajstić information content (AvgIpc) is 3.24. The third-order valence-corrected chi connectivity index (χ3v) is 8.02. The van der Waals surface area contributed by atoms with E-state index in [9.17, 15) is 8.78 Å². The molecule has 0 amide bonds. The molecule has 0 N–H and O–H groups in total. The number of halogens is 4. The molecule has 3 aliphatic rings. The van der Waals surface area contributed by atoms with Gasteiger partial charge in [0, 0.05) is 16.7 Å². The third kappa shape index (κ3) is 4.34. The van der Waals surface area contributed by atoms with Crippen molar-refractivity contribution in [3.63, 3.8) is 0 Å². The monoisotopic (exact) mass is 488 g/mol. The molecule has 0 radical (unpaired) electrons. The summed E-state index contributed by atoms with van der Waals surface area (Å²) in [4.78, 5) is 0. The zero-order chi connectivity index (χ0) is 24.7. The van der Waals surface area contributed by atoms with E-state index in [1.54, 1.807) is 19.3 Å². The summed E-state index contributed by atoms with van der Waals surface area (Å²) in [5, 5.41) is 0. The van der Waals surface area contributed by atoms with Gasteiger partial charge in [0.05, 0.1) is 12.9 Å². The molecule has 5 rings (SSSR count).